The third-order valence-corrected chi connectivity index (χ3v) is 14.7. The van der Waals surface area contributed by atoms with Crippen LogP contribution < -0.4 is 0 Å². The van der Waals surface area contributed by atoms with Crippen LogP contribution in [0.5, 0.6) is 0 Å². The van der Waals surface area contributed by atoms with E-state index >= 15 is 0 Å². The molecule has 0 N–H and O–H groups in total. The molecule has 0 radical (unpaired) electrons. The molecular weight excluding hydrogens is 479 g/mol. The number of unbranched alkanes of at least 4 members (excludes halogenated alkanes) is 2. The van der Waals surface area contributed by atoms with Crippen molar-refractivity contribution in [1.29, 1.82) is 0 Å². The van der Waals surface area contributed by atoms with E-state index in [0.717, 1.165) is 20.3 Å². The predicted octanol–water partition coefficient (Wildman–Crippen LogP) is 6.38. The summed E-state index contributed by atoms with van der Waals surface area (Å²) in [6.07, 6.45) is 8.21. The number of hydrogen-bond donors (Lipinski definition) is 0. The first-order valence-corrected chi connectivity index (χ1v) is 16.6. The molecule has 0 amide bonds. The Balaban J connectivity index is 0.000000274. The number of aromatic nitrogens is 2. The van der Waals surface area contributed by atoms with Crippen LogP contribution in [0.15, 0.2) is 55.2 Å². The molecule has 2 rings (SSSR count). The topological polar surface area (TPSA) is 50.5 Å². The first-order chi connectivity index (χ1) is 13.2. The Kier molecular flexibility index (Phi) is 12.9. The predicted molar refractivity (Wildman–Crippen MR) is 123 cm³/mol. The van der Waals surface area contributed by atoms with Gasteiger partial charge < -0.3 is 0 Å². The minimum Gasteiger partial charge on any atom is -0.255 e. The summed E-state index contributed by atoms with van der Waals surface area (Å²) >= 11 is 6.65. The van der Waals surface area contributed by atoms with E-state index in [2.05, 4.69) is 40.6 Å². The summed E-state index contributed by atoms with van der Waals surface area (Å²) in [5, 5.41) is 5.07. The van der Waals surface area contributed by atoms with Gasteiger partial charge in [-0.3, -0.25) is 9.97 Å². The van der Waals surface area contributed by atoms with Crippen molar-refractivity contribution in [3.63, 3.8) is 0 Å². The average Bonchev–Trinajstić information content (AvgIpc) is 2.73. The van der Waals surface area contributed by atoms with Crippen molar-refractivity contribution in [2.75, 3.05) is 0 Å². The fraction of sp³-hybridized carbons (Fsp3) is 0.400. The van der Waals surface area contributed by atoms with Crippen LogP contribution in [0.25, 0.3) is 11.4 Å². The number of thiocarbonyl (C=S) groups is 2. The van der Waals surface area contributed by atoms with E-state index in [9.17, 15) is 0 Å². The van der Waals surface area contributed by atoms with E-state index in [1.54, 1.807) is 12.4 Å². The molecule has 0 atom stereocenters. The molecule has 0 fully saturated rings. The maximum Gasteiger partial charge on any atom is 0.0886 e. The average molecular weight is 505 g/mol. The number of hydrogen-bond acceptors (Lipinski definition) is 6. The molecule has 0 aliphatic carbocycles. The Hall–Kier alpha value is -1.30. The Morgan fingerprint density at radius 1 is 0.815 bits per heavy atom. The summed E-state index contributed by atoms with van der Waals surface area (Å²) in [6, 6.07) is 11.6. The smallest absolute Gasteiger partial charge is 0.0886 e. The SMILES string of the molecule is CCC[CH2][Sn]([CH2]CCC)([N]=C=S)[N]=C=S.c1ccc(-c2ccccn2)nc1. The molecule has 0 unspecified atom stereocenters. The number of pyridine rings is 2. The summed E-state index contributed by atoms with van der Waals surface area (Å²) in [4.78, 5) is 8.37. The Morgan fingerprint density at radius 3 is 1.56 bits per heavy atom. The van der Waals surface area contributed by atoms with Crippen LogP contribution in [0, 0.1) is 0 Å². The van der Waals surface area contributed by atoms with Gasteiger partial charge in [0.1, 0.15) is 0 Å². The first-order valence-electron chi connectivity index (χ1n) is 9.21. The molecule has 27 heavy (non-hydrogen) atoms. The third kappa shape index (κ3) is 9.45. The van der Waals surface area contributed by atoms with Gasteiger partial charge in [0.25, 0.3) is 0 Å². The van der Waals surface area contributed by atoms with Gasteiger partial charge in [-0.25, -0.2) is 0 Å². The summed E-state index contributed by atoms with van der Waals surface area (Å²) in [5.74, 6) is 0. The van der Waals surface area contributed by atoms with Gasteiger partial charge in [0.2, 0.25) is 0 Å². The molecule has 0 saturated carbocycles. The van der Waals surface area contributed by atoms with Crippen LogP contribution in [0.3, 0.4) is 0 Å². The minimum absolute atomic E-state index is 0.915. The summed E-state index contributed by atoms with van der Waals surface area (Å²) in [7, 11) is 0. The molecule has 0 spiro atoms. The molecule has 142 valence electrons. The van der Waals surface area contributed by atoms with Crippen molar-refractivity contribution >= 4 is 53.7 Å². The zero-order valence-electron chi connectivity index (χ0n) is 16.0. The van der Waals surface area contributed by atoms with Gasteiger partial charge in [-0.2, -0.15) is 0 Å². The molecule has 0 aromatic carbocycles. The van der Waals surface area contributed by atoms with E-state index in [-0.39, 0.29) is 0 Å². The quantitative estimate of drug-likeness (QED) is 0.226. The molecule has 7 heteroatoms. The molecule has 2 aromatic rings. The summed E-state index contributed by atoms with van der Waals surface area (Å²) in [5.41, 5.74) is 1.83. The largest absolute Gasteiger partial charge is 0.255 e. The number of nitrogens with zero attached hydrogens (tertiary/aromatic N) is 4. The monoisotopic (exact) mass is 506 g/mol. The molecule has 2 heterocycles. The van der Waals surface area contributed by atoms with Crippen molar-refractivity contribution in [1.82, 2.24) is 9.97 Å². The van der Waals surface area contributed by atoms with E-state index in [1.807, 2.05) is 36.4 Å². The van der Waals surface area contributed by atoms with E-state index in [0.29, 0.717) is 0 Å². The van der Waals surface area contributed by atoms with E-state index in [1.165, 1.54) is 25.7 Å². The summed E-state index contributed by atoms with van der Waals surface area (Å²) in [6.45, 7) is 4.36. The molecule has 0 bridgehead atoms. The Morgan fingerprint density at radius 2 is 1.26 bits per heavy atom. The maximum absolute atomic E-state index is 4.73. The Labute approximate surface area is 177 Å². The van der Waals surface area contributed by atoms with Crippen LogP contribution >= 0.6 is 24.4 Å². The van der Waals surface area contributed by atoms with Crippen molar-refractivity contribution in [3.05, 3.63) is 48.8 Å². The van der Waals surface area contributed by atoms with Crippen molar-refractivity contribution in [2.24, 2.45) is 6.43 Å². The van der Waals surface area contributed by atoms with Crippen molar-refractivity contribution in [2.45, 2.75) is 48.4 Å². The van der Waals surface area contributed by atoms with Gasteiger partial charge in [0.05, 0.1) is 11.4 Å². The van der Waals surface area contributed by atoms with Crippen LogP contribution in [0.1, 0.15) is 39.5 Å². The van der Waals surface area contributed by atoms with Gasteiger partial charge in [-0.15, -0.1) is 0 Å². The van der Waals surface area contributed by atoms with Gasteiger partial charge in [0, 0.05) is 12.4 Å². The van der Waals surface area contributed by atoms with Crippen molar-refractivity contribution in [3.8, 4) is 11.4 Å². The molecule has 0 aliphatic rings. The second-order valence-electron chi connectivity index (χ2n) is 6.03. The maximum atomic E-state index is 4.73. The molecule has 2 aromatic heterocycles. The van der Waals surface area contributed by atoms with E-state index in [4.69, 9.17) is 24.4 Å². The third-order valence-electron chi connectivity index (χ3n) is 3.96. The number of isothiocyanates is 2. The van der Waals surface area contributed by atoms with Crippen molar-refractivity contribution < 1.29 is 0 Å². The van der Waals surface area contributed by atoms with Crippen LogP contribution in [-0.2, 0) is 0 Å². The fourth-order valence-electron chi connectivity index (χ4n) is 2.49. The van der Waals surface area contributed by atoms with Crippen LogP contribution in [0.2, 0.25) is 8.87 Å². The van der Waals surface area contributed by atoms with Crippen LogP contribution in [-0.4, -0.2) is 39.2 Å². The normalized spacial score (nSPS) is 10.0. The Bertz CT molecular complexity index is 678. The molecule has 0 aliphatic heterocycles. The zero-order valence-corrected chi connectivity index (χ0v) is 20.5. The van der Waals surface area contributed by atoms with Crippen LogP contribution in [0.4, 0.5) is 0 Å². The summed E-state index contributed by atoms with van der Waals surface area (Å²) < 4.78 is 11.0. The number of rotatable bonds is 9. The van der Waals surface area contributed by atoms with Gasteiger partial charge >= 0.3 is 109 Å². The zero-order chi connectivity index (χ0) is 19.8. The van der Waals surface area contributed by atoms with Gasteiger partial charge in [-0.05, 0) is 24.3 Å². The minimum atomic E-state index is -2.81. The van der Waals surface area contributed by atoms with Gasteiger partial charge in [0.15, 0.2) is 0 Å². The molecule has 0 saturated heterocycles. The van der Waals surface area contributed by atoms with E-state index < -0.39 is 18.9 Å². The molecular formula is C20H26N4S2Sn. The fourth-order valence-corrected chi connectivity index (χ4v) is 13.1. The molecule has 4 nitrogen and oxygen atoms in total. The second-order valence-corrected chi connectivity index (χ2v) is 16.1. The first kappa shape index (κ1) is 23.7. The standard InChI is InChI=1S/C10H8N2.2C4H9.2CNS.Sn/c1-3-7-11-9(5-1)10-6-2-4-8-12-10;2*1-3-4-2;2*2-1-3;/h1-8H;2*1,3-4H2,2H3;;;/q;;;2*-1;+2. The van der Waals surface area contributed by atoms with Gasteiger partial charge in [-0.1, -0.05) is 12.1 Å². The second kappa shape index (κ2) is 14.7.